The third-order valence-electron chi connectivity index (χ3n) is 2.47. The number of sulfonamides is 1. The van der Waals surface area contributed by atoms with Gasteiger partial charge < -0.3 is 0 Å². The molecule has 0 aliphatic heterocycles. The summed E-state index contributed by atoms with van der Waals surface area (Å²) in [6.07, 6.45) is 0. The first kappa shape index (κ1) is 14.7. The van der Waals surface area contributed by atoms with Gasteiger partial charge in [0.05, 0.1) is 4.90 Å². The van der Waals surface area contributed by atoms with E-state index in [9.17, 15) is 8.42 Å². The van der Waals surface area contributed by atoms with Crippen molar-refractivity contribution in [2.45, 2.75) is 25.7 Å². The molecular weight excluding hydrogens is 302 g/mol. The zero-order valence-corrected chi connectivity index (χ0v) is 13.0. The SMILES string of the molecule is Cc1ccc(S(=O)(=O)N(C)CC(C)C)cc1Br. The number of hydrogen-bond acceptors (Lipinski definition) is 2. The van der Waals surface area contributed by atoms with Crippen molar-refractivity contribution in [2.75, 3.05) is 13.6 Å². The first-order valence-electron chi connectivity index (χ1n) is 5.47. The molecule has 0 heterocycles. The van der Waals surface area contributed by atoms with Crippen LogP contribution in [0.2, 0.25) is 0 Å². The second-order valence-corrected chi connectivity index (χ2v) is 7.49. The third-order valence-corrected chi connectivity index (χ3v) is 5.15. The van der Waals surface area contributed by atoms with Crippen molar-refractivity contribution in [3.05, 3.63) is 28.2 Å². The van der Waals surface area contributed by atoms with E-state index in [-0.39, 0.29) is 0 Å². The van der Waals surface area contributed by atoms with Crippen LogP contribution in [0.15, 0.2) is 27.6 Å². The van der Waals surface area contributed by atoms with Crippen LogP contribution in [0.4, 0.5) is 0 Å². The van der Waals surface area contributed by atoms with Crippen molar-refractivity contribution in [1.29, 1.82) is 0 Å². The van der Waals surface area contributed by atoms with E-state index in [0.29, 0.717) is 17.4 Å². The Morgan fingerprint density at radius 2 is 1.94 bits per heavy atom. The van der Waals surface area contributed by atoms with Gasteiger partial charge in [-0.25, -0.2) is 12.7 Å². The molecule has 1 aromatic carbocycles. The summed E-state index contributed by atoms with van der Waals surface area (Å²) in [7, 11) is -1.76. The summed E-state index contributed by atoms with van der Waals surface area (Å²) in [6, 6.07) is 5.11. The summed E-state index contributed by atoms with van der Waals surface area (Å²) in [6.45, 7) is 6.44. The molecule has 0 aromatic heterocycles. The monoisotopic (exact) mass is 319 g/mol. The average Bonchev–Trinajstić information content (AvgIpc) is 2.20. The second kappa shape index (κ2) is 5.50. The van der Waals surface area contributed by atoms with E-state index in [1.165, 1.54) is 4.31 Å². The smallest absolute Gasteiger partial charge is 0.207 e. The molecule has 0 saturated heterocycles. The lowest BCUT2D eigenvalue weighted by atomic mass is 10.2. The van der Waals surface area contributed by atoms with Crippen LogP contribution in [0.5, 0.6) is 0 Å². The maximum Gasteiger partial charge on any atom is 0.242 e. The fourth-order valence-electron chi connectivity index (χ4n) is 1.53. The van der Waals surface area contributed by atoms with Gasteiger partial charge in [-0.15, -0.1) is 0 Å². The number of hydrogen-bond donors (Lipinski definition) is 0. The lowest BCUT2D eigenvalue weighted by molar-refractivity contribution is 0.417. The topological polar surface area (TPSA) is 37.4 Å². The molecule has 5 heteroatoms. The normalized spacial score (nSPS) is 12.4. The molecule has 1 aromatic rings. The highest BCUT2D eigenvalue weighted by molar-refractivity contribution is 9.10. The fourth-order valence-corrected chi connectivity index (χ4v) is 3.42. The molecule has 17 heavy (non-hydrogen) atoms. The van der Waals surface area contributed by atoms with E-state index in [1.54, 1.807) is 25.2 Å². The van der Waals surface area contributed by atoms with Crippen molar-refractivity contribution in [1.82, 2.24) is 4.31 Å². The fraction of sp³-hybridized carbons (Fsp3) is 0.500. The predicted octanol–water partition coefficient (Wildman–Crippen LogP) is 3.03. The summed E-state index contributed by atoms with van der Waals surface area (Å²) in [5, 5.41) is 0. The highest BCUT2D eigenvalue weighted by atomic mass is 79.9. The molecule has 0 aliphatic rings. The first-order chi connectivity index (χ1) is 7.75. The van der Waals surface area contributed by atoms with Crippen molar-refractivity contribution in [2.24, 2.45) is 5.92 Å². The zero-order chi connectivity index (χ0) is 13.2. The molecule has 0 atom stereocenters. The molecular formula is C12H18BrNO2S. The van der Waals surface area contributed by atoms with Gasteiger partial charge in [0.25, 0.3) is 0 Å². The van der Waals surface area contributed by atoms with Crippen molar-refractivity contribution < 1.29 is 8.42 Å². The summed E-state index contributed by atoms with van der Waals surface area (Å²) in [5.74, 6) is 0.309. The highest BCUT2D eigenvalue weighted by Gasteiger charge is 2.21. The summed E-state index contributed by atoms with van der Waals surface area (Å²) >= 11 is 3.36. The average molecular weight is 320 g/mol. The minimum Gasteiger partial charge on any atom is -0.207 e. The summed E-state index contributed by atoms with van der Waals surface area (Å²) < 4.78 is 26.7. The van der Waals surface area contributed by atoms with E-state index < -0.39 is 10.0 Å². The Morgan fingerprint density at radius 1 is 1.35 bits per heavy atom. The van der Waals surface area contributed by atoms with Crippen molar-refractivity contribution >= 4 is 26.0 Å². The van der Waals surface area contributed by atoms with Gasteiger partial charge in [0.2, 0.25) is 10.0 Å². The highest BCUT2D eigenvalue weighted by Crippen LogP contribution is 2.22. The van der Waals surface area contributed by atoms with Crippen molar-refractivity contribution in [3.8, 4) is 0 Å². The Hall–Kier alpha value is -0.390. The second-order valence-electron chi connectivity index (χ2n) is 4.59. The standard InChI is InChI=1S/C12H18BrNO2S/c1-9(2)8-14(4)17(15,16)11-6-5-10(3)12(13)7-11/h5-7,9H,8H2,1-4H3. The van der Waals surface area contributed by atoms with Gasteiger partial charge in [-0.1, -0.05) is 35.8 Å². The van der Waals surface area contributed by atoms with Gasteiger partial charge in [-0.3, -0.25) is 0 Å². The van der Waals surface area contributed by atoms with Crippen LogP contribution in [0.1, 0.15) is 19.4 Å². The summed E-state index contributed by atoms with van der Waals surface area (Å²) in [5.41, 5.74) is 1.02. The van der Waals surface area contributed by atoms with Gasteiger partial charge >= 0.3 is 0 Å². The van der Waals surface area contributed by atoms with Crippen LogP contribution in [-0.2, 0) is 10.0 Å². The molecule has 1 rings (SSSR count). The minimum atomic E-state index is -3.37. The maximum atomic E-state index is 12.2. The van der Waals surface area contributed by atoms with E-state index in [4.69, 9.17) is 0 Å². The van der Waals surface area contributed by atoms with Gasteiger partial charge in [0, 0.05) is 18.1 Å². The Bertz CT molecular complexity index is 497. The van der Waals surface area contributed by atoms with Crippen LogP contribution in [0.3, 0.4) is 0 Å². The molecule has 3 nitrogen and oxygen atoms in total. The molecule has 0 radical (unpaired) electrons. The zero-order valence-electron chi connectivity index (χ0n) is 10.6. The third kappa shape index (κ3) is 3.53. The molecule has 0 aliphatic carbocycles. The molecule has 0 N–H and O–H groups in total. The molecule has 96 valence electrons. The maximum absolute atomic E-state index is 12.2. The predicted molar refractivity (Wildman–Crippen MR) is 73.5 cm³/mol. The first-order valence-corrected chi connectivity index (χ1v) is 7.71. The number of benzene rings is 1. The number of rotatable bonds is 4. The van der Waals surface area contributed by atoms with E-state index in [2.05, 4.69) is 15.9 Å². The Labute approximate surface area is 112 Å². The Balaban J connectivity index is 3.09. The summed E-state index contributed by atoms with van der Waals surface area (Å²) in [4.78, 5) is 0.332. The number of aryl methyl sites for hydroxylation is 1. The largest absolute Gasteiger partial charge is 0.242 e. The molecule has 0 saturated carbocycles. The molecule has 0 fully saturated rings. The van der Waals surface area contributed by atoms with Gasteiger partial charge in [0.1, 0.15) is 0 Å². The molecule has 0 spiro atoms. The van der Waals surface area contributed by atoms with Crippen LogP contribution < -0.4 is 0 Å². The van der Waals surface area contributed by atoms with Crippen molar-refractivity contribution in [3.63, 3.8) is 0 Å². The lowest BCUT2D eigenvalue weighted by Crippen LogP contribution is -2.30. The van der Waals surface area contributed by atoms with E-state index in [1.807, 2.05) is 20.8 Å². The minimum absolute atomic E-state index is 0.309. The Kier molecular flexibility index (Phi) is 4.75. The van der Waals surface area contributed by atoms with E-state index in [0.717, 1.165) is 10.0 Å². The number of nitrogens with zero attached hydrogens (tertiary/aromatic N) is 1. The van der Waals surface area contributed by atoms with E-state index >= 15 is 0 Å². The molecule has 0 bridgehead atoms. The lowest BCUT2D eigenvalue weighted by Gasteiger charge is -2.19. The van der Waals surface area contributed by atoms with Gasteiger partial charge in [-0.2, -0.15) is 0 Å². The number of halogens is 1. The van der Waals surface area contributed by atoms with Crippen LogP contribution >= 0.6 is 15.9 Å². The van der Waals surface area contributed by atoms with Crippen LogP contribution in [-0.4, -0.2) is 26.3 Å². The quantitative estimate of drug-likeness (QED) is 0.855. The molecule has 0 unspecified atom stereocenters. The van der Waals surface area contributed by atoms with Gasteiger partial charge in [-0.05, 0) is 30.5 Å². The van der Waals surface area contributed by atoms with Crippen LogP contribution in [0.25, 0.3) is 0 Å². The van der Waals surface area contributed by atoms with Gasteiger partial charge in [0.15, 0.2) is 0 Å². The van der Waals surface area contributed by atoms with Crippen LogP contribution in [0, 0.1) is 12.8 Å². The Morgan fingerprint density at radius 3 is 2.41 bits per heavy atom. The molecule has 0 amide bonds.